The SMILES string of the molecule is CCCCCCCc1ccc(-c2ccc(C(=O)C(F)(F)F)cc2)cc1. The zero-order valence-electron chi connectivity index (χ0n) is 14.4. The van der Waals surface area contributed by atoms with Crippen molar-refractivity contribution in [3.63, 3.8) is 0 Å². The van der Waals surface area contributed by atoms with E-state index < -0.39 is 12.0 Å². The molecule has 2 rings (SSSR count). The molecule has 4 heteroatoms. The molecule has 0 fully saturated rings. The first-order valence-corrected chi connectivity index (χ1v) is 8.72. The molecule has 0 N–H and O–H groups in total. The van der Waals surface area contributed by atoms with E-state index in [0.717, 1.165) is 17.5 Å². The van der Waals surface area contributed by atoms with Gasteiger partial charge in [0.1, 0.15) is 0 Å². The second-order valence-electron chi connectivity index (χ2n) is 6.27. The Morgan fingerprint density at radius 3 is 1.84 bits per heavy atom. The zero-order valence-corrected chi connectivity index (χ0v) is 14.4. The third-order valence-corrected chi connectivity index (χ3v) is 4.26. The lowest BCUT2D eigenvalue weighted by atomic mass is 9.99. The third kappa shape index (κ3) is 5.73. The highest BCUT2D eigenvalue weighted by atomic mass is 19.4. The number of ketones is 1. The van der Waals surface area contributed by atoms with Crippen molar-refractivity contribution < 1.29 is 18.0 Å². The van der Waals surface area contributed by atoms with Crippen LogP contribution in [0.15, 0.2) is 48.5 Å². The fourth-order valence-electron chi connectivity index (χ4n) is 2.77. The first-order valence-electron chi connectivity index (χ1n) is 8.72. The summed E-state index contributed by atoms with van der Waals surface area (Å²) in [5.41, 5.74) is 2.66. The van der Waals surface area contributed by atoms with E-state index in [-0.39, 0.29) is 5.56 Å². The van der Waals surface area contributed by atoms with E-state index >= 15 is 0 Å². The number of hydrogen-bond acceptors (Lipinski definition) is 1. The van der Waals surface area contributed by atoms with Crippen molar-refractivity contribution in [3.8, 4) is 11.1 Å². The van der Waals surface area contributed by atoms with Gasteiger partial charge in [-0.3, -0.25) is 4.79 Å². The van der Waals surface area contributed by atoms with Crippen LogP contribution in [0.5, 0.6) is 0 Å². The van der Waals surface area contributed by atoms with E-state index in [9.17, 15) is 18.0 Å². The second kappa shape index (κ2) is 8.84. The van der Waals surface area contributed by atoms with E-state index in [1.54, 1.807) is 12.1 Å². The summed E-state index contributed by atoms with van der Waals surface area (Å²) in [6.07, 6.45) is 2.42. The summed E-state index contributed by atoms with van der Waals surface area (Å²) in [5, 5.41) is 0. The minimum Gasteiger partial charge on any atom is -0.284 e. The van der Waals surface area contributed by atoms with E-state index in [2.05, 4.69) is 19.1 Å². The van der Waals surface area contributed by atoms with Crippen LogP contribution in [0.1, 0.15) is 54.9 Å². The standard InChI is InChI=1S/C21H23F3O/c1-2-3-4-5-6-7-16-8-10-17(11-9-16)18-12-14-19(15-13-18)20(25)21(22,23)24/h8-15H,2-7H2,1H3. The van der Waals surface area contributed by atoms with Crippen molar-refractivity contribution in [2.75, 3.05) is 0 Å². The molecule has 0 aliphatic heterocycles. The lowest BCUT2D eigenvalue weighted by molar-refractivity contribution is -0.0885. The average molecular weight is 348 g/mol. The first kappa shape index (κ1) is 19.2. The molecule has 25 heavy (non-hydrogen) atoms. The number of carbonyl (C=O) groups excluding carboxylic acids is 1. The summed E-state index contributed by atoms with van der Waals surface area (Å²) in [6.45, 7) is 2.20. The molecule has 0 radical (unpaired) electrons. The number of rotatable bonds is 8. The van der Waals surface area contributed by atoms with Crippen LogP contribution in [-0.4, -0.2) is 12.0 Å². The minimum absolute atomic E-state index is 0.333. The Hall–Kier alpha value is -2.10. The summed E-state index contributed by atoms with van der Waals surface area (Å²) in [4.78, 5) is 11.2. The first-order chi connectivity index (χ1) is 11.9. The van der Waals surface area contributed by atoms with Gasteiger partial charge < -0.3 is 0 Å². The van der Waals surface area contributed by atoms with Crippen LogP contribution in [0.3, 0.4) is 0 Å². The van der Waals surface area contributed by atoms with E-state index in [4.69, 9.17) is 0 Å². The molecule has 0 bridgehead atoms. The third-order valence-electron chi connectivity index (χ3n) is 4.26. The Labute approximate surface area is 146 Å². The van der Waals surface area contributed by atoms with Crippen LogP contribution < -0.4 is 0 Å². The van der Waals surface area contributed by atoms with Gasteiger partial charge in [-0.1, -0.05) is 81.1 Å². The van der Waals surface area contributed by atoms with Crippen molar-refractivity contribution in [1.82, 2.24) is 0 Å². The highest BCUT2D eigenvalue weighted by Crippen LogP contribution is 2.25. The van der Waals surface area contributed by atoms with Crippen LogP contribution >= 0.6 is 0 Å². The van der Waals surface area contributed by atoms with Gasteiger partial charge in [0.15, 0.2) is 0 Å². The van der Waals surface area contributed by atoms with Gasteiger partial charge in [-0.2, -0.15) is 13.2 Å². The fourth-order valence-corrected chi connectivity index (χ4v) is 2.77. The topological polar surface area (TPSA) is 17.1 Å². The maximum Gasteiger partial charge on any atom is 0.454 e. The van der Waals surface area contributed by atoms with Crippen molar-refractivity contribution >= 4 is 5.78 Å². The molecule has 0 amide bonds. The molecule has 0 spiro atoms. The van der Waals surface area contributed by atoms with Crippen LogP contribution in [0.4, 0.5) is 13.2 Å². The number of carbonyl (C=O) groups is 1. The number of benzene rings is 2. The maximum absolute atomic E-state index is 12.4. The van der Waals surface area contributed by atoms with Gasteiger partial charge in [0.2, 0.25) is 0 Å². The summed E-state index contributed by atoms with van der Waals surface area (Å²) >= 11 is 0. The summed E-state index contributed by atoms with van der Waals surface area (Å²) < 4.78 is 37.3. The molecule has 0 atom stereocenters. The lowest BCUT2D eigenvalue weighted by Crippen LogP contribution is -2.22. The smallest absolute Gasteiger partial charge is 0.284 e. The molecule has 0 saturated heterocycles. The summed E-state index contributed by atoms with van der Waals surface area (Å²) in [5.74, 6) is -1.81. The summed E-state index contributed by atoms with van der Waals surface area (Å²) in [6, 6.07) is 13.6. The van der Waals surface area contributed by atoms with E-state index in [0.29, 0.717) is 0 Å². The largest absolute Gasteiger partial charge is 0.454 e. The highest BCUT2D eigenvalue weighted by molar-refractivity contribution is 6.00. The molecule has 2 aromatic carbocycles. The average Bonchev–Trinajstić information content (AvgIpc) is 2.61. The van der Waals surface area contributed by atoms with Crippen LogP contribution in [0.25, 0.3) is 11.1 Å². The van der Waals surface area contributed by atoms with E-state index in [1.807, 2.05) is 12.1 Å². The van der Waals surface area contributed by atoms with Gasteiger partial charge in [0.05, 0.1) is 0 Å². The molecule has 1 nitrogen and oxygen atoms in total. The zero-order chi connectivity index (χ0) is 18.3. The normalized spacial score (nSPS) is 11.5. The molecule has 2 aromatic rings. The monoisotopic (exact) mass is 348 g/mol. The number of aryl methyl sites for hydroxylation is 1. The molecule has 0 aliphatic rings. The number of Topliss-reactive ketones (excluding diaryl/α,β-unsaturated/α-hetero) is 1. The molecular formula is C21H23F3O. The van der Waals surface area contributed by atoms with Crippen molar-refractivity contribution in [1.29, 1.82) is 0 Å². The Balaban J connectivity index is 1.96. The van der Waals surface area contributed by atoms with Gasteiger partial charge in [-0.25, -0.2) is 0 Å². The highest BCUT2D eigenvalue weighted by Gasteiger charge is 2.39. The number of unbranched alkanes of at least 4 members (excludes halogenated alkanes) is 4. The molecule has 0 heterocycles. The predicted molar refractivity (Wildman–Crippen MR) is 94.7 cm³/mol. The lowest BCUT2D eigenvalue weighted by Gasteiger charge is -2.07. The van der Waals surface area contributed by atoms with Gasteiger partial charge >= 0.3 is 6.18 Å². The summed E-state index contributed by atoms with van der Waals surface area (Å²) in [7, 11) is 0. The van der Waals surface area contributed by atoms with Crippen molar-refractivity contribution in [3.05, 3.63) is 59.7 Å². The molecule has 0 aromatic heterocycles. The van der Waals surface area contributed by atoms with E-state index in [1.165, 1.54) is 49.8 Å². The van der Waals surface area contributed by atoms with Gasteiger partial charge in [-0.05, 0) is 29.5 Å². The number of alkyl halides is 3. The maximum atomic E-state index is 12.4. The predicted octanol–water partition coefficient (Wildman–Crippen LogP) is 6.61. The van der Waals surface area contributed by atoms with Crippen LogP contribution in [0, 0.1) is 0 Å². The van der Waals surface area contributed by atoms with Gasteiger partial charge in [0, 0.05) is 5.56 Å². The van der Waals surface area contributed by atoms with Gasteiger partial charge in [-0.15, -0.1) is 0 Å². The molecule has 0 aliphatic carbocycles. The minimum atomic E-state index is -4.83. The number of halogens is 3. The molecule has 0 saturated carbocycles. The molecule has 134 valence electrons. The van der Waals surface area contributed by atoms with Crippen LogP contribution in [0.2, 0.25) is 0 Å². The quantitative estimate of drug-likeness (QED) is 0.387. The Kier molecular flexibility index (Phi) is 6.80. The Morgan fingerprint density at radius 2 is 1.32 bits per heavy atom. The number of hydrogen-bond donors (Lipinski definition) is 0. The molecule has 0 unspecified atom stereocenters. The van der Waals surface area contributed by atoms with Crippen LogP contribution in [-0.2, 0) is 6.42 Å². The Bertz CT molecular complexity index is 670. The van der Waals surface area contributed by atoms with Gasteiger partial charge in [0.25, 0.3) is 5.78 Å². The fraction of sp³-hybridized carbons (Fsp3) is 0.381. The second-order valence-corrected chi connectivity index (χ2v) is 6.27. The molecular weight excluding hydrogens is 325 g/mol. The Morgan fingerprint density at radius 1 is 0.800 bits per heavy atom. The van der Waals surface area contributed by atoms with Crippen molar-refractivity contribution in [2.24, 2.45) is 0 Å². The van der Waals surface area contributed by atoms with Crippen molar-refractivity contribution in [2.45, 2.75) is 51.6 Å².